The maximum absolute atomic E-state index is 12.8. The van der Waals surface area contributed by atoms with Crippen molar-refractivity contribution in [3.63, 3.8) is 0 Å². The molecule has 1 heterocycles. The number of nitrogens with zero attached hydrogens (tertiary/aromatic N) is 1. The van der Waals surface area contributed by atoms with Crippen LogP contribution in [-0.2, 0) is 37.4 Å². The van der Waals surface area contributed by atoms with Gasteiger partial charge in [0.2, 0.25) is 0 Å². The Balaban J connectivity index is 0.00000288. The Morgan fingerprint density at radius 2 is 1.92 bits per heavy atom. The number of hydrogen-bond donors (Lipinski definition) is 0. The Labute approximate surface area is 166 Å². The summed E-state index contributed by atoms with van der Waals surface area (Å²) in [5.41, 5.74) is 1.91. The fourth-order valence-corrected chi connectivity index (χ4v) is 2.22. The molecule has 1 aromatic carbocycles. The summed E-state index contributed by atoms with van der Waals surface area (Å²) < 4.78 is 36.1. The average molecular weight is 409 g/mol. The van der Waals surface area contributed by atoms with Crippen molar-refractivity contribution in [2.75, 3.05) is 26.9 Å². The normalized spacial score (nSPS) is 13.8. The number of allylic oxidation sites excluding steroid dienone is 3. The third-order valence-electron chi connectivity index (χ3n) is 3.32. The fraction of sp³-hybridized carbons (Fsp3) is 0.333. The van der Waals surface area contributed by atoms with Crippen molar-refractivity contribution in [1.29, 1.82) is 0 Å². The second-order valence-electron chi connectivity index (χ2n) is 5.04. The van der Waals surface area contributed by atoms with Crippen molar-refractivity contribution >= 4 is 5.70 Å². The van der Waals surface area contributed by atoms with Gasteiger partial charge in [-0.3, -0.25) is 0 Å². The topological polar surface area (TPSA) is 21.7 Å². The van der Waals surface area contributed by atoms with Gasteiger partial charge in [0, 0.05) is 52.8 Å². The Bertz CT molecular complexity index is 585. The number of rotatable bonds is 8. The van der Waals surface area contributed by atoms with Gasteiger partial charge in [-0.25, -0.2) is 8.78 Å². The molecular weight excluding hydrogens is 389 g/mol. The van der Waals surface area contributed by atoms with Gasteiger partial charge in [0.25, 0.3) is 6.43 Å². The van der Waals surface area contributed by atoms with Crippen molar-refractivity contribution in [2.45, 2.75) is 12.8 Å². The molecule has 1 aliphatic rings. The first-order valence-corrected chi connectivity index (χ1v) is 7.38. The van der Waals surface area contributed by atoms with Crippen LogP contribution in [0.2, 0.25) is 0 Å². The zero-order valence-corrected chi connectivity index (χ0v) is 16.5. The van der Waals surface area contributed by atoms with Crippen molar-refractivity contribution in [1.82, 2.24) is 4.90 Å². The van der Waals surface area contributed by atoms with E-state index < -0.39 is 13.0 Å². The first-order valence-electron chi connectivity index (χ1n) is 7.38. The minimum absolute atomic E-state index is 0. The third-order valence-corrected chi connectivity index (χ3v) is 3.32. The van der Waals surface area contributed by atoms with Gasteiger partial charge >= 0.3 is 0 Å². The SMILES string of the molecule is C=C1C=C[C-]=C(c2ccc(OCCCOC)cc2)N1CC(F)F.[Y]. The van der Waals surface area contributed by atoms with Crippen molar-refractivity contribution in [3.05, 3.63) is 60.3 Å². The average Bonchev–Trinajstić information content (AvgIpc) is 2.54. The molecule has 0 bridgehead atoms. The van der Waals surface area contributed by atoms with Gasteiger partial charge < -0.3 is 14.4 Å². The molecular formula is C18H20F2NO2Y-. The first kappa shape index (κ1) is 21.0. The van der Waals surface area contributed by atoms with E-state index in [-0.39, 0.29) is 32.7 Å². The molecule has 0 atom stereocenters. The van der Waals surface area contributed by atoms with Crippen LogP contribution in [0.25, 0.3) is 5.70 Å². The van der Waals surface area contributed by atoms with Crippen LogP contribution in [-0.4, -0.2) is 38.2 Å². The molecule has 0 amide bonds. The third kappa shape index (κ3) is 6.12. The van der Waals surface area contributed by atoms with E-state index in [1.807, 2.05) is 24.3 Å². The molecule has 0 aromatic heterocycles. The van der Waals surface area contributed by atoms with Crippen LogP contribution in [0.1, 0.15) is 12.0 Å². The van der Waals surface area contributed by atoms with E-state index in [1.165, 1.54) is 4.90 Å². The largest absolute Gasteiger partial charge is 0.494 e. The summed E-state index contributed by atoms with van der Waals surface area (Å²) in [5.74, 6) is 0.732. The molecule has 1 radical (unpaired) electrons. The molecule has 3 nitrogen and oxygen atoms in total. The van der Waals surface area contributed by atoms with Gasteiger partial charge in [0.05, 0.1) is 13.2 Å². The zero-order chi connectivity index (χ0) is 16.7. The Hall–Kier alpha value is -1.04. The summed E-state index contributed by atoms with van der Waals surface area (Å²) in [7, 11) is 1.65. The fourth-order valence-electron chi connectivity index (χ4n) is 2.22. The molecule has 0 saturated heterocycles. The van der Waals surface area contributed by atoms with Crippen molar-refractivity contribution in [3.8, 4) is 5.75 Å². The maximum Gasteiger partial charge on any atom is 0.256 e. The molecule has 2 rings (SSSR count). The summed E-state index contributed by atoms with van der Waals surface area (Å²) >= 11 is 0. The molecule has 0 aliphatic carbocycles. The van der Waals surface area contributed by atoms with Crippen LogP contribution < -0.4 is 4.74 Å². The standard InChI is InChI=1S/C18H20F2NO2.Y/c1-14-5-3-6-17(21(14)13-18(19)20)15-7-9-16(10-8-15)23-12-4-11-22-2;/h3,5,7-10,18H,1,4,11-13H2,2H3;/q-1;. The molecule has 0 spiro atoms. The van der Waals surface area contributed by atoms with Gasteiger partial charge in [-0.2, -0.15) is 12.2 Å². The van der Waals surface area contributed by atoms with E-state index in [0.29, 0.717) is 24.6 Å². The molecule has 0 saturated carbocycles. The quantitative estimate of drug-likeness (QED) is 0.481. The molecule has 0 unspecified atom stereocenters. The number of ether oxygens (including phenoxy) is 2. The Morgan fingerprint density at radius 1 is 1.21 bits per heavy atom. The number of hydrogen-bond acceptors (Lipinski definition) is 3. The Morgan fingerprint density at radius 3 is 2.54 bits per heavy atom. The monoisotopic (exact) mass is 409 g/mol. The summed E-state index contributed by atoms with van der Waals surface area (Å²) in [6, 6.07) is 7.30. The van der Waals surface area contributed by atoms with Gasteiger partial charge in [-0.15, -0.1) is 18.2 Å². The molecule has 1 aliphatic heterocycles. The van der Waals surface area contributed by atoms with E-state index in [1.54, 1.807) is 19.3 Å². The summed E-state index contributed by atoms with van der Waals surface area (Å²) in [6.45, 7) is 4.62. The summed E-state index contributed by atoms with van der Waals surface area (Å²) in [5, 5.41) is 0. The van der Waals surface area contributed by atoms with Crippen molar-refractivity contribution < 1.29 is 51.0 Å². The second-order valence-corrected chi connectivity index (χ2v) is 5.04. The molecule has 1 aromatic rings. The molecule has 6 heteroatoms. The molecule has 127 valence electrons. The van der Waals surface area contributed by atoms with E-state index in [4.69, 9.17) is 9.47 Å². The number of alkyl halides is 2. The summed E-state index contributed by atoms with van der Waals surface area (Å²) in [4.78, 5) is 1.47. The number of benzene rings is 1. The minimum atomic E-state index is -2.45. The van der Waals surface area contributed by atoms with Crippen molar-refractivity contribution in [2.24, 2.45) is 0 Å². The maximum atomic E-state index is 12.8. The predicted octanol–water partition coefficient (Wildman–Crippen LogP) is 3.89. The van der Waals surface area contributed by atoms with Gasteiger partial charge in [-0.05, 0) is 17.8 Å². The number of halogens is 2. The van der Waals surface area contributed by atoms with Crippen LogP contribution in [0.15, 0.2) is 48.7 Å². The number of methoxy groups -OCH3 is 1. The van der Waals surface area contributed by atoms with Crippen LogP contribution in [0, 0.1) is 6.08 Å². The van der Waals surface area contributed by atoms with Crippen LogP contribution in [0.4, 0.5) is 8.78 Å². The predicted molar refractivity (Wildman–Crippen MR) is 86.1 cm³/mol. The van der Waals surface area contributed by atoms with E-state index >= 15 is 0 Å². The zero-order valence-electron chi connectivity index (χ0n) is 13.7. The molecule has 0 N–H and O–H groups in total. The van der Waals surface area contributed by atoms with Crippen LogP contribution in [0.5, 0.6) is 5.75 Å². The van der Waals surface area contributed by atoms with Crippen LogP contribution >= 0.6 is 0 Å². The minimum Gasteiger partial charge on any atom is -0.494 e. The van der Waals surface area contributed by atoms with E-state index in [2.05, 4.69) is 12.7 Å². The Kier molecular flexibility index (Phi) is 9.41. The van der Waals surface area contributed by atoms with E-state index in [9.17, 15) is 8.78 Å². The van der Waals surface area contributed by atoms with Gasteiger partial charge in [-0.1, -0.05) is 17.8 Å². The smallest absolute Gasteiger partial charge is 0.256 e. The second kappa shape index (κ2) is 10.8. The van der Waals surface area contributed by atoms with Gasteiger partial charge in [0.15, 0.2) is 0 Å². The van der Waals surface area contributed by atoms with Gasteiger partial charge in [0.1, 0.15) is 5.75 Å². The first-order chi connectivity index (χ1) is 11.1. The molecule has 0 fully saturated rings. The van der Waals surface area contributed by atoms with E-state index in [0.717, 1.165) is 17.7 Å². The molecule has 24 heavy (non-hydrogen) atoms. The summed E-state index contributed by atoms with van der Waals surface area (Å²) in [6.07, 6.45) is 4.73. The van der Waals surface area contributed by atoms with Crippen LogP contribution in [0.3, 0.4) is 0 Å².